The van der Waals surface area contributed by atoms with E-state index in [1.54, 1.807) is 72.8 Å². The maximum absolute atomic E-state index is 10.9. The summed E-state index contributed by atoms with van der Waals surface area (Å²) in [6.07, 6.45) is 9.25. The maximum Gasteiger partial charge on any atom is 0.252 e. The molecule has 0 bridgehead atoms. The molecular weight excluding hydrogens is 749 g/mol. The Balaban J connectivity index is 0.000000218. The van der Waals surface area contributed by atoms with E-state index in [4.69, 9.17) is 49.0 Å². The molecule has 54 heavy (non-hydrogen) atoms. The van der Waals surface area contributed by atoms with Crippen molar-refractivity contribution < 1.29 is 28.6 Å². The second-order valence-corrected chi connectivity index (χ2v) is 14.2. The van der Waals surface area contributed by atoms with Gasteiger partial charge in [0.15, 0.2) is 0 Å². The number of rotatable bonds is 17. The smallest absolute Gasteiger partial charge is 0.252 e. The standard InChI is InChI=1S/C15H20ClNO2.C14H18ClNO2.C13H18ClNO2/c16-15(18)13-5-7-14(8-6-13)19-12-11-17-9-3-1-2-4-10-17;15-14(17)12-4-6-13(7-5-12)18-11-10-16-8-2-1-3-9-16;1-3-15(4-2)9-10-17-12-7-5-11(6-8-12)13(14)16/h5-8H,1-4,9-12H2;4-7H,1-3,8-11H2;5-8H,3-4,9-10H2,1-2H3. The molecule has 0 radical (unpaired) electrons. The minimum Gasteiger partial charge on any atom is -0.492 e. The number of likely N-dealkylation sites (N-methyl/N-ethyl adjacent to an activating group) is 1. The van der Waals surface area contributed by atoms with E-state index in [0.717, 1.165) is 50.0 Å². The van der Waals surface area contributed by atoms with E-state index in [0.29, 0.717) is 36.5 Å². The van der Waals surface area contributed by atoms with Crippen molar-refractivity contribution in [1.82, 2.24) is 14.7 Å². The maximum atomic E-state index is 10.9. The van der Waals surface area contributed by atoms with E-state index in [-0.39, 0.29) is 0 Å². The number of benzene rings is 3. The number of halogens is 3. The zero-order valence-corrected chi connectivity index (χ0v) is 34.1. The summed E-state index contributed by atoms with van der Waals surface area (Å²) in [5, 5.41) is -1.31. The molecule has 0 aromatic heterocycles. The van der Waals surface area contributed by atoms with Crippen LogP contribution in [0.5, 0.6) is 17.2 Å². The van der Waals surface area contributed by atoms with Crippen molar-refractivity contribution in [2.75, 3.05) is 78.7 Å². The van der Waals surface area contributed by atoms with Crippen molar-refractivity contribution in [3.05, 3.63) is 89.5 Å². The van der Waals surface area contributed by atoms with Gasteiger partial charge in [0.05, 0.1) is 0 Å². The molecule has 5 rings (SSSR count). The highest BCUT2D eigenvalue weighted by Gasteiger charge is 2.11. The molecule has 0 amide bonds. The summed E-state index contributed by atoms with van der Waals surface area (Å²) >= 11 is 16.1. The fourth-order valence-corrected chi connectivity index (χ4v) is 6.38. The number of likely N-dealkylation sites (tertiary alicyclic amines) is 2. The van der Waals surface area contributed by atoms with Gasteiger partial charge in [0.25, 0.3) is 15.7 Å². The Morgan fingerprint density at radius 2 is 0.796 bits per heavy atom. The second-order valence-electron chi connectivity index (χ2n) is 13.1. The highest BCUT2D eigenvalue weighted by molar-refractivity contribution is 6.68. The largest absolute Gasteiger partial charge is 0.492 e. The Morgan fingerprint density at radius 1 is 0.500 bits per heavy atom. The Hall–Kier alpha value is -3.18. The summed E-state index contributed by atoms with van der Waals surface area (Å²) in [7, 11) is 0. The predicted octanol–water partition coefficient (Wildman–Crippen LogP) is 9.04. The molecule has 2 saturated heterocycles. The van der Waals surface area contributed by atoms with Gasteiger partial charge in [-0.2, -0.15) is 0 Å². The quantitative estimate of drug-likeness (QED) is 0.124. The van der Waals surface area contributed by atoms with Crippen LogP contribution in [0.25, 0.3) is 0 Å². The molecule has 0 N–H and O–H groups in total. The highest BCUT2D eigenvalue weighted by Crippen LogP contribution is 2.17. The van der Waals surface area contributed by atoms with Crippen LogP contribution in [0.15, 0.2) is 72.8 Å². The zero-order valence-electron chi connectivity index (χ0n) is 31.8. The third-order valence-electron chi connectivity index (χ3n) is 9.31. The van der Waals surface area contributed by atoms with Gasteiger partial charge in [-0.1, -0.05) is 33.1 Å². The Kier molecular flexibility index (Phi) is 22.3. The molecule has 0 unspecified atom stereocenters. The number of piperidine rings is 1. The molecule has 0 saturated carbocycles. The van der Waals surface area contributed by atoms with Crippen molar-refractivity contribution >= 4 is 50.5 Å². The van der Waals surface area contributed by atoms with Crippen molar-refractivity contribution in [3.63, 3.8) is 0 Å². The fourth-order valence-electron chi connectivity index (χ4n) is 6.01. The molecule has 0 atom stereocenters. The number of carbonyl (C=O) groups is 3. The van der Waals surface area contributed by atoms with Crippen LogP contribution in [-0.4, -0.2) is 109 Å². The molecule has 2 aliphatic rings. The van der Waals surface area contributed by atoms with Gasteiger partial charge in [-0.05, 0) is 173 Å². The van der Waals surface area contributed by atoms with Crippen LogP contribution < -0.4 is 14.2 Å². The van der Waals surface area contributed by atoms with Crippen LogP contribution in [0, 0.1) is 0 Å². The van der Waals surface area contributed by atoms with Gasteiger partial charge in [0.1, 0.15) is 37.1 Å². The van der Waals surface area contributed by atoms with Gasteiger partial charge in [0, 0.05) is 36.3 Å². The number of hydrogen-bond acceptors (Lipinski definition) is 9. The topological polar surface area (TPSA) is 88.6 Å². The first-order chi connectivity index (χ1) is 26.2. The first kappa shape index (κ1) is 45.2. The lowest BCUT2D eigenvalue weighted by Crippen LogP contribution is -2.33. The number of carbonyl (C=O) groups excluding carboxylic acids is 3. The van der Waals surface area contributed by atoms with Crippen LogP contribution in [-0.2, 0) is 0 Å². The van der Waals surface area contributed by atoms with E-state index >= 15 is 0 Å². The van der Waals surface area contributed by atoms with Crippen molar-refractivity contribution in [2.45, 2.75) is 58.8 Å². The SMILES string of the molecule is CCN(CC)CCOc1ccc(C(=O)Cl)cc1.O=C(Cl)c1ccc(OCCN2CCCCC2)cc1.O=C(Cl)c1ccc(OCCN2CCCCCC2)cc1. The predicted molar refractivity (Wildman–Crippen MR) is 219 cm³/mol. The van der Waals surface area contributed by atoms with Gasteiger partial charge < -0.3 is 19.1 Å². The van der Waals surface area contributed by atoms with Crippen molar-refractivity contribution in [2.24, 2.45) is 0 Å². The molecule has 12 heteroatoms. The molecule has 0 spiro atoms. The highest BCUT2D eigenvalue weighted by atomic mass is 35.5. The number of nitrogens with zero attached hydrogens (tertiary/aromatic N) is 3. The summed E-state index contributed by atoms with van der Waals surface area (Å²) in [6, 6.07) is 20.8. The minimum atomic E-state index is -0.445. The van der Waals surface area contributed by atoms with E-state index in [1.165, 1.54) is 71.1 Å². The lowest BCUT2D eigenvalue weighted by atomic mass is 10.1. The second kappa shape index (κ2) is 26.6. The normalized spacial score (nSPS) is 14.8. The van der Waals surface area contributed by atoms with Crippen LogP contribution in [0.4, 0.5) is 0 Å². The first-order valence-electron chi connectivity index (χ1n) is 19.1. The van der Waals surface area contributed by atoms with Crippen LogP contribution >= 0.6 is 34.8 Å². The summed E-state index contributed by atoms with van der Waals surface area (Å²) in [4.78, 5) is 39.9. The van der Waals surface area contributed by atoms with Crippen LogP contribution in [0.2, 0.25) is 0 Å². The summed E-state index contributed by atoms with van der Waals surface area (Å²) < 4.78 is 16.9. The van der Waals surface area contributed by atoms with Crippen molar-refractivity contribution in [1.29, 1.82) is 0 Å². The van der Waals surface area contributed by atoms with Gasteiger partial charge in [0.2, 0.25) is 0 Å². The van der Waals surface area contributed by atoms with E-state index in [2.05, 4.69) is 28.5 Å². The van der Waals surface area contributed by atoms with Crippen molar-refractivity contribution in [3.8, 4) is 17.2 Å². The zero-order chi connectivity index (χ0) is 39.0. The van der Waals surface area contributed by atoms with Gasteiger partial charge in [-0.25, -0.2) is 0 Å². The lowest BCUT2D eigenvalue weighted by Gasteiger charge is -2.26. The van der Waals surface area contributed by atoms with Gasteiger partial charge in [-0.15, -0.1) is 0 Å². The third-order valence-corrected chi connectivity index (χ3v) is 9.97. The van der Waals surface area contributed by atoms with Gasteiger partial charge in [-0.3, -0.25) is 24.2 Å². The summed E-state index contributed by atoms with van der Waals surface area (Å²) in [5.74, 6) is 2.34. The minimum absolute atomic E-state index is 0.434. The molecular formula is C42H56Cl3N3O6. The number of hydrogen-bond donors (Lipinski definition) is 0. The average molecular weight is 805 g/mol. The third kappa shape index (κ3) is 18.4. The molecule has 296 valence electrons. The van der Waals surface area contributed by atoms with Crippen LogP contribution in [0.1, 0.15) is 89.9 Å². The Labute approximate surface area is 336 Å². The lowest BCUT2D eigenvalue weighted by molar-refractivity contribution is 0.107. The van der Waals surface area contributed by atoms with E-state index in [9.17, 15) is 14.4 Å². The first-order valence-corrected chi connectivity index (χ1v) is 20.3. The Bertz CT molecular complexity index is 1490. The molecule has 3 aromatic rings. The summed E-state index contributed by atoms with van der Waals surface area (Å²) in [5.41, 5.74) is 1.49. The van der Waals surface area contributed by atoms with E-state index < -0.39 is 15.7 Å². The number of ether oxygens (including phenoxy) is 3. The molecule has 2 heterocycles. The molecule has 3 aromatic carbocycles. The average Bonchev–Trinajstić information content (AvgIpc) is 3.47. The van der Waals surface area contributed by atoms with Gasteiger partial charge >= 0.3 is 0 Å². The summed E-state index contributed by atoms with van der Waals surface area (Å²) in [6.45, 7) is 15.9. The van der Waals surface area contributed by atoms with Crippen LogP contribution in [0.3, 0.4) is 0 Å². The Morgan fingerprint density at radius 3 is 1.09 bits per heavy atom. The monoisotopic (exact) mass is 803 g/mol. The van der Waals surface area contributed by atoms with E-state index in [1.807, 2.05) is 0 Å². The molecule has 2 fully saturated rings. The fraction of sp³-hybridized carbons (Fsp3) is 0.500. The molecule has 9 nitrogen and oxygen atoms in total. The molecule has 2 aliphatic heterocycles. The molecule has 0 aliphatic carbocycles.